The third-order valence-electron chi connectivity index (χ3n) is 4.10. The fourth-order valence-corrected chi connectivity index (χ4v) is 3.32. The van der Waals surface area contributed by atoms with Crippen molar-refractivity contribution in [3.8, 4) is 5.75 Å². The lowest BCUT2D eigenvalue weighted by atomic mass is 10.2. The normalized spacial score (nSPS) is 19.1. The molecule has 2 aliphatic rings. The molecule has 2 fully saturated rings. The Hall–Kier alpha value is -0.480. The quantitative estimate of drug-likeness (QED) is 0.825. The number of ether oxygens (including phenoxy) is 1. The Bertz CT molecular complexity index is 485. The van der Waals surface area contributed by atoms with E-state index in [-0.39, 0.29) is 0 Å². The maximum atomic E-state index is 6.31. The van der Waals surface area contributed by atoms with Gasteiger partial charge in [-0.25, -0.2) is 0 Å². The van der Waals surface area contributed by atoms with Gasteiger partial charge in [0.1, 0.15) is 12.4 Å². The highest BCUT2D eigenvalue weighted by atomic mass is 35.5. The van der Waals surface area contributed by atoms with Crippen molar-refractivity contribution in [1.29, 1.82) is 0 Å². The molecule has 1 aromatic rings. The van der Waals surface area contributed by atoms with E-state index in [0.717, 1.165) is 24.4 Å². The molecule has 3 rings (SSSR count). The summed E-state index contributed by atoms with van der Waals surface area (Å²) >= 11 is 12.4. The van der Waals surface area contributed by atoms with Gasteiger partial charge in [0.15, 0.2) is 0 Å². The van der Waals surface area contributed by atoms with E-state index in [1.165, 1.54) is 38.8 Å². The molecule has 1 saturated carbocycles. The van der Waals surface area contributed by atoms with Crippen LogP contribution in [0.1, 0.15) is 31.2 Å². The van der Waals surface area contributed by atoms with E-state index in [1.807, 2.05) is 6.07 Å². The molecule has 0 amide bonds. The van der Waals surface area contributed by atoms with Gasteiger partial charge in [-0.1, -0.05) is 23.2 Å². The molecule has 5 heteroatoms. The van der Waals surface area contributed by atoms with Crippen LogP contribution in [0.2, 0.25) is 10.0 Å². The van der Waals surface area contributed by atoms with Crippen molar-refractivity contribution in [3.05, 3.63) is 27.7 Å². The highest BCUT2D eigenvalue weighted by Gasteiger charge is 2.21. The number of hydrogen-bond acceptors (Lipinski definition) is 3. The Kier molecular flexibility index (Phi) is 5.28. The van der Waals surface area contributed by atoms with Crippen LogP contribution in [0, 0.1) is 0 Å². The van der Waals surface area contributed by atoms with Gasteiger partial charge < -0.3 is 10.1 Å². The number of benzene rings is 1. The van der Waals surface area contributed by atoms with Crippen molar-refractivity contribution >= 4 is 23.2 Å². The summed E-state index contributed by atoms with van der Waals surface area (Å²) in [4.78, 5) is 2.44. The van der Waals surface area contributed by atoms with Crippen molar-refractivity contribution in [1.82, 2.24) is 10.2 Å². The zero-order valence-corrected chi connectivity index (χ0v) is 13.7. The summed E-state index contributed by atoms with van der Waals surface area (Å²) in [7, 11) is 0. The molecule has 21 heavy (non-hydrogen) atoms. The minimum absolute atomic E-state index is 0.608. The Morgan fingerprint density at radius 2 is 1.95 bits per heavy atom. The van der Waals surface area contributed by atoms with Gasteiger partial charge >= 0.3 is 0 Å². The van der Waals surface area contributed by atoms with E-state index in [1.54, 1.807) is 6.07 Å². The molecule has 1 heterocycles. The largest absolute Gasteiger partial charge is 0.490 e. The molecule has 1 aliphatic heterocycles. The van der Waals surface area contributed by atoms with Crippen LogP contribution in [0.3, 0.4) is 0 Å². The lowest BCUT2D eigenvalue weighted by Gasteiger charge is -2.18. The Morgan fingerprint density at radius 3 is 2.67 bits per heavy atom. The number of hydrogen-bond donors (Lipinski definition) is 1. The molecule has 0 bridgehead atoms. The molecule has 0 atom stereocenters. The summed E-state index contributed by atoms with van der Waals surface area (Å²) in [5.74, 6) is 0.786. The average Bonchev–Trinajstić information content (AvgIpc) is 3.14. The van der Waals surface area contributed by atoms with Gasteiger partial charge in [0, 0.05) is 29.7 Å². The Balaban J connectivity index is 1.60. The second-order valence-corrected chi connectivity index (χ2v) is 6.77. The van der Waals surface area contributed by atoms with Crippen LogP contribution < -0.4 is 10.1 Å². The summed E-state index contributed by atoms with van der Waals surface area (Å²) in [5, 5.41) is 4.77. The van der Waals surface area contributed by atoms with E-state index < -0.39 is 0 Å². The molecule has 1 aliphatic carbocycles. The SMILES string of the molecule is Clc1cc(Cl)c(OCCN2CCCC2)c(CNC2CC2)c1. The van der Waals surface area contributed by atoms with E-state index >= 15 is 0 Å². The third-order valence-corrected chi connectivity index (χ3v) is 4.60. The molecule has 3 nitrogen and oxygen atoms in total. The van der Waals surface area contributed by atoms with Crippen LogP contribution in [0.15, 0.2) is 12.1 Å². The van der Waals surface area contributed by atoms with Crippen LogP contribution in [0.4, 0.5) is 0 Å². The maximum Gasteiger partial charge on any atom is 0.142 e. The van der Waals surface area contributed by atoms with Crippen molar-refractivity contribution in [3.63, 3.8) is 0 Å². The topological polar surface area (TPSA) is 24.5 Å². The third kappa shape index (κ3) is 4.49. The number of nitrogens with one attached hydrogen (secondary N) is 1. The highest BCUT2D eigenvalue weighted by molar-refractivity contribution is 6.35. The van der Waals surface area contributed by atoms with Crippen LogP contribution in [-0.4, -0.2) is 37.2 Å². The predicted molar refractivity (Wildman–Crippen MR) is 87.5 cm³/mol. The number of halogens is 2. The van der Waals surface area contributed by atoms with Gasteiger partial charge in [0.05, 0.1) is 5.02 Å². The van der Waals surface area contributed by atoms with Crippen LogP contribution in [0.5, 0.6) is 5.75 Å². The first kappa shape index (κ1) is 15.4. The van der Waals surface area contributed by atoms with E-state index in [2.05, 4.69) is 10.2 Å². The van der Waals surface area contributed by atoms with Crippen molar-refractivity contribution < 1.29 is 4.74 Å². The van der Waals surface area contributed by atoms with Gasteiger partial charge in [0.2, 0.25) is 0 Å². The summed E-state index contributed by atoms with van der Waals surface area (Å²) in [6.07, 6.45) is 5.13. The van der Waals surface area contributed by atoms with Crippen LogP contribution >= 0.6 is 23.2 Å². The van der Waals surface area contributed by atoms with E-state index in [4.69, 9.17) is 27.9 Å². The molecule has 116 valence electrons. The maximum absolute atomic E-state index is 6.31. The van der Waals surface area contributed by atoms with Gasteiger partial charge in [-0.05, 0) is 50.9 Å². The molecular weight excluding hydrogens is 307 g/mol. The fourth-order valence-electron chi connectivity index (χ4n) is 2.73. The zero-order chi connectivity index (χ0) is 14.7. The van der Waals surface area contributed by atoms with Gasteiger partial charge in [-0.15, -0.1) is 0 Å². The molecule has 1 aromatic carbocycles. The summed E-state index contributed by atoms with van der Waals surface area (Å²) < 4.78 is 5.97. The molecule has 0 aromatic heterocycles. The van der Waals surface area contributed by atoms with Gasteiger partial charge in [0.25, 0.3) is 0 Å². The molecule has 0 spiro atoms. The monoisotopic (exact) mass is 328 g/mol. The summed E-state index contributed by atoms with van der Waals surface area (Å²) in [5.41, 5.74) is 1.06. The molecule has 0 radical (unpaired) electrons. The van der Waals surface area contributed by atoms with E-state index in [0.29, 0.717) is 22.7 Å². The first-order valence-corrected chi connectivity index (χ1v) is 8.54. The minimum atomic E-state index is 0.608. The first-order chi connectivity index (χ1) is 10.2. The smallest absolute Gasteiger partial charge is 0.142 e. The Labute approximate surface area is 136 Å². The summed E-state index contributed by atoms with van der Waals surface area (Å²) in [6.45, 7) is 4.79. The van der Waals surface area contributed by atoms with E-state index in [9.17, 15) is 0 Å². The van der Waals surface area contributed by atoms with Crippen molar-refractivity contribution in [2.75, 3.05) is 26.2 Å². The predicted octanol–water partition coefficient (Wildman–Crippen LogP) is 3.72. The number of likely N-dealkylation sites (tertiary alicyclic amines) is 1. The lowest BCUT2D eigenvalue weighted by Crippen LogP contribution is -2.25. The molecule has 0 unspecified atom stereocenters. The summed E-state index contributed by atoms with van der Waals surface area (Å²) in [6, 6.07) is 4.36. The van der Waals surface area contributed by atoms with Crippen LogP contribution in [0.25, 0.3) is 0 Å². The average molecular weight is 329 g/mol. The Morgan fingerprint density at radius 1 is 1.19 bits per heavy atom. The second kappa shape index (κ2) is 7.19. The second-order valence-electron chi connectivity index (χ2n) is 5.93. The minimum Gasteiger partial charge on any atom is -0.490 e. The lowest BCUT2D eigenvalue weighted by molar-refractivity contribution is 0.236. The standard InChI is InChI=1S/C16H22Cl2N2O/c17-13-9-12(11-19-14-3-4-14)16(15(18)10-13)21-8-7-20-5-1-2-6-20/h9-10,14,19H,1-8,11H2. The van der Waals surface area contributed by atoms with Gasteiger partial charge in [-0.2, -0.15) is 0 Å². The first-order valence-electron chi connectivity index (χ1n) is 7.79. The van der Waals surface area contributed by atoms with Gasteiger partial charge in [-0.3, -0.25) is 4.90 Å². The van der Waals surface area contributed by atoms with Crippen LogP contribution in [-0.2, 0) is 6.54 Å². The number of nitrogens with zero attached hydrogens (tertiary/aromatic N) is 1. The number of rotatable bonds is 7. The molecule has 1 saturated heterocycles. The zero-order valence-electron chi connectivity index (χ0n) is 12.2. The molecular formula is C16H22Cl2N2O. The fraction of sp³-hybridized carbons (Fsp3) is 0.625. The highest BCUT2D eigenvalue weighted by Crippen LogP contribution is 2.33. The van der Waals surface area contributed by atoms with Crippen molar-refractivity contribution in [2.45, 2.75) is 38.3 Å². The molecule has 1 N–H and O–H groups in total. The van der Waals surface area contributed by atoms with Crippen molar-refractivity contribution in [2.24, 2.45) is 0 Å².